The van der Waals surface area contributed by atoms with Crippen LogP contribution in [-0.4, -0.2) is 0 Å². The summed E-state index contributed by atoms with van der Waals surface area (Å²) < 4.78 is 36.6. The van der Waals surface area contributed by atoms with Crippen LogP contribution in [0.1, 0.15) is 18.1 Å². The minimum atomic E-state index is -4.25. The molecule has 70 valence electrons. The van der Waals surface area contributed by atoms with Gasteiger partial charge in [0.2, 0.25) is 0 Å². The summed E-state index contributed by atoms with van der Waals surface area (Å²) in [5.41, 5.74) is -0.0413. The number of allylic oxidation sites excluding steroid dienone is 1. The van der Waals surface area contributed by atoms with E-state index in [1.807, 2.05) is 0 Å². The van der Waals surface area contributed by atoms with Gasteiger partial charge in [0.15, 0.2) is 0 Å². The zero-order chi connectivity index (χ0) is 9.90. The first-order chi connectivity index (χ1) is 6.04. The molecule has 0 aliphatic carbocycles. The highest BCUT2D eigenvalue weighted by atomic mass is 19.4. The summed E-state index contributed by atoms with van der Waals surface area (Å²) in [6.07, 6.45) is -0.914. The Morgan fingerprint density at radius 2 is 1.92 bits per heavy atom. The fourth-order valence-electron chi connectivity index (χ4n) is 1.01. The molecule has 0 aliphatic heterocycles. The molecule has 0 saturated carbocycles. The van der Waals surface area contributed by atoms with Crippen molar-refractivity contribution in [2.75, 3.05) is 0 Å². The summed E-state index contributed by atoms with van der Waals surface area (Å²) in [5.74, 6) is 0. The Labute approximate surface area is 74.7 Å². The average Bonchev–Trinajstić information content (AvgIpc) is 2.04. The highest BCUT2D eigenvalue weighted by Gasteiger charge is 2.30. The van der Waals surface area contributed by atoms with E-state index in [9.17, 15) is 13.2 Å². The Morgan fingerprint density at radius 3 is 2.46 bits per heavy atom. The second-order valence-corrected chi connectivity index (χ2v) is 2.62. The van der Waals surface area contributed by atoms with Crippen LogP contribution < -0.4 is 0 Å². The van der Waals surface area contributed by atoms with Crippen LogP contribution in [0.3, 0.4) is 0 Å². The second-order valence-electron chi connectivity index (χ2n) is 2.62. The monoisotopic (exact) mass is 186 g/mol. The van der Waals surface area contributed by atoms with Crippen molar-refractivity contribution in [3.8, 4) is 0 Å². The minimum absolute atomic E-state index is 0.567. The lowest BCUT2D eigenvalue weighted by Crippen LogP contribution is -2.04. The lowest BCUT2D eigenvalue weighted by molar-refractivity contribution is -0.137. The van der Waals surface area contributed by atoms with E-state index in [-0.39, 0.29) is 0 Å². The summed E-state index contributed by atoms with van der Waals surface area (Å²) in [5, 5.41) is 0. The number of hydrogen-bond acceptors (Lipinski definition) is 0. The molecule has 13 heavy (non-hydrogen) atoms. The summed E-state index contributed by atoms with van der Waals surface area (Å²) in [4.78, 5) is 0. The van der Waals surface area contributed by atoms with Crippen molar-refractivity contribution in [1.82, 2.24) is 0 Å². The van der Waals surface area contributed by atoms with Gasteiger partial charge in [-0.25, -0.2) is 0 Å². The molecule has 0 saturated heterocycles. The van der Waals surface area contributed by atoms with Gasteiger partial charge < -0.3 is 0 Å². The van der Waals surface area contributed by atoms with E-state index < -0.39 is 11.7 Å². The van der Waals surface area contributed by atoms with Crippen molar-refractivity contribution in [2.45, 2.75) is 13.1 Å². The third kappa shape index (κ3) is 2.61. The Bertz CT molecular complexity index is 310. The largest absolute Gasteiger partial charge is 0.416 e. The summed E-state index contributed by atoms with van der Waals surface area (Å²) in [6, 6.07) is 5.22. The van der Waals surface area contributed by atoms with Crippen LogP contribution in [0.25, 0.3) is 6.08 Å². The van der Waals surface area contributed by atoms with Crippen molar-refractivity contribution in [2.24, 2.45) is 0 Å². The van der Waals surface area contributed by atoms with Gasteiger partial charge in [-0.3, -0.25) is 0 Å². The third-order valence-corrected chi connectivity index (χ3v) is 1.57. The lowest BCUT2D eigenvalue weighted by atomic mass is 10.1. The van der Waals surface area contributed by atoms with E-state index in [0.29, 0.717) is 5.56 Å². The predicted molar refractivity (Wildman–Crippen MR) is 46.2 cm³/mol. The molecule has 0 radical (unpaired) electrons. The van der Waals surface area contributed by atoms with E-state index in [4.69, 9.17) is 0 Å². The summed E-state index contributed by atoms with van der Waals surface area (Å²) in [7, 11) is 0. The molecule has 0 unspecified atom stereocenters. The number of halogens is 3. The molecular formula is C10H9F3. The summed E-state index contributed by atoms with van der Waals surface area (Å²) in [6.45, 7) is 1.76. The molecule has 0 aliphatic rings. The van der Waals surface area contributed by atoms with Crippen LogP contribution in [0.15, 0.2) is 30.3 Å². The van der Waals surface area contributed by atoms with Gasteiger partial charge in [0.1, 0.15) is 0 Å². The predicted octanol–water partition coefficient (Wildman–Crippen LogP) is 3.74. The zero-order valence-electron chi connectivity index (χ0n) is 7.10. The molecule has 1 aromatic carbocycles. The number of alkyl halides is 3. The van der Waals surface area contributed by atoms with Gasteiger partial charge in [-0.15, -0.1) is 0 Å². The Kier molecular flexibility index (Phi) is 2.76. The zero-order valence-corrected chi connectivity index (χ0v) is 7.10. The first-order valence-corrected chi connectivity index (χ1v) is 3.84. The lowest BCUT2D eigenvalue weighted by Gasteiger charge is -2.06. The van der Waals surface area contributed by atoms with Crippen LogP contribution >= 0.6 is 0 Å². The van der Waals surface area contributed by atoms with Crippen LogP contribution in [-0.2, 0) is 6.18 Å². The van der Waals surface area contributed by atoms with Crippen molar-refractivity contribution in [1.29, 1.82) is 0 Å². The second kappa shape index (κ2) is 3.64. The van der Waals surface area contributed by atoms with E-state index in [1.165, 1.54) is 6.07 Å². The molecule has 0 heterocycles. The molecule has 3 heteroatoms. The Hall–Kier alpha value is -1.25. The highest BCUT2D eigenvalue weighted by Crippen LogP contribution is 2.29. The highest BCUT2D eigenvalue weighted by molar-refractivity contribution is 5.50. The van der Waals surface area contributed by atoms with Gasteiger partial charge in [0.05, 0.1) is 5.56 Å². The smallest absolute Gasteiger partial charge is 0.166 e. The summed E-state index contributed by atoms with van der Waals surface area (Å²) >= 11 is 0. The van der Waals surface area contributed by atoms with E-state index >= 15 is 0 Å². The molecule has 0 atom stereocenters. The van der Waals surface area contributed by atoms with Crippen LogP contribution in [0.2, 0.25) is 0 Å². The van der Waals surface area contributed by atoms with Crippen molar-refractivity contribution >= 4 is 6.08 Å². The van der Waals surface area contributed by atoms with Crippen molar-refractivity contribution in [3.63, 3.8) is 0 Å². The average molecular weight is 186 g/mol. The number of hydrogen-bond donors (Lipinski definition) is 0. The Morgan fingerprint density at radius 1 is 1.23 bits per heavy atom. The molecular weight excluding hydrogens is 177 g/mol. The molecule has 1 aromatic rings. The molecule has 0 nitrogen and oxygen atoms in total. The maximum absolute atomic E-state index is 12.2. The topological polar surface area (TPSA) is 0 Å². The van der Waals surface area contributed by atoms with Crippen LogP contribution in [0, 0.1) is 0 Å². The first kappa shape index (κ1) is 9.84. The van der Waals surface area contributed by atoms with E-state index in [2.05, 4.69) is 0 Å². The van der Waals surface area contributed by atoms with E-state index in [0.717, 1.165) is 12.1 Å². The molecule has 0 spiro atoms. The standard InChI is InChI=1S/C10H9F3/c1-2-4-8-5-3-6-9(7-8)10(11,12)13/h2-7H,1H3. The minimum Gasteiger partial charge on any atom is -0.166 e. The van der Waals surface area contributed by atoms with Crippen LogP contribution in [0.5, 0.6) is 0 Å². The molecule has 1 rings (SSSR count). The fraction of sp³-hybridized carbons (Fsp3) is 0.200. The van der Waals surface area contributed by atoms with Crippen molar-refractivity contribution in [3.05, 3.63) is 41.5 Å². The molecule has 0 amide bonds. The molecule has 0 aromatic heterocycles. The normalized spacial score (nSPS) is 12.3. The van der Waals surface area contributed by atoms with Gasteiger partial charge in [0.25, 0.3) is 0 Å². The number of benzene rings is 1. The molecule has 0 N–H and O–H groups in total. The van der Waals surface area contributed by atoms with Gasteiger partial charge >= 0.3 is 6.18 Å². The van der Waals surface area contributed by atoms with Gasteiger partial charge in [-0.05, 0) is 24.6 Å². The maximum Gasteiger partial charge on any atom is 0.416 e. The van der Waals surface area contributed by atoms with Crippen LogP contribution in [0.4, 0.5) is 13.2 Å². The van der Waals surface area contributed by atoms with Gasteiger partial charge in [0, 0.05) is 0 Å². The number of rotatable bonds is 1. The quantitative estimate of drug-likeness (QED) is 0.626. The third-order valence-electron chi connectivity index (χ3n) is 1.57. The maximum atomic E-state index is 12.2. The Balaban J connectivity index is 3.05. The molecule has 0 fully saturated rings. The van der Waals surface area contributed by atoms with Crippen molar-refractivity contribution < 1.29 is 13.2 Å². The first-order valence-electron chi connectivity index (χ1n) is 3.84. The fourth-order valence-corrected chi connectivity index (χ4v) is 1.01. The van der Waals surface area contributed by atoms with Gasteiger partial charge in [-0.2, -0.15) is 13.2 Å². The SMILES string of the molecule is CC=Cc1cccc(C(F)(F)F)c1. The van der Waals surface area contributed by atoms with E-state index in [1.54, 1.807) is 25.1 Å². The van der Waals surface area contributed by atoms with Gasteiger partial charge in [-0.1, -0.05) is 24.3 Å². The molecule has 0 bridgehead atoms.